The van der Waals surface area contributed by atoms with Crippen LogP contribution in [0.25, 0.3) is 28.1 Å². The van der Waals surface area contributed by atoms with E-state index in [0.29, 0.717) is 4.53 Å². The number of para-hydroxylation sites is 3. The molecule has 2 aromatic carbocycles. The SMILES string of the molecule is CCN1C(=CC=c2sc3nc4ccccc4n3c2=O)C=Cc2ccccc21. The van der Waals surface area contributed by atoms with Crippen molar-refractivity contribution in [3.8, 4) is 0 Å². The van der Waals surface area contributed by atoms with E-state index in [9.17, 15) is 4.79 Å². The largest absolute Gasteiger partial charge is 0.341 e. The average molecular weight is 371 g/mol. The molecule has 0 aliphatic carbocycles. The molecular formula is C22H17N3OS. The third kappa shape index (κ3) is 2.51. The summed E-state index contributed by atoms with van der Waals surface area (Å²) in [7, 11) is 0. The Bertz CT molecular complexity index is 1340. The number of nitrogens with zero attached hydrogens (tertiary/aromatic N) is 3. The van der Waals surface area contributed by atoms with E-state index in [4.69, 9.17) is 0 Å². The van der Waals surface area contributed by atoms with Crippen molar-refractivity contribution in [2.75, 3.05) is 11.4 Å². The normalized spacial score (nSPS) is 16.0. The number of rotatable bonds is 2. The van der Waals surface area contributed by atoms with Gasteiger partial charge in [0.25, 0.3) is 5.56 Å². The summed E-state index contributed by atoms with van der Waals surface area (Å²) in [6.45, 7) is 3.00. The summed E-state index contributed by atoms with van der Waals surface area (Å²) in [5, 5.41) is 0. The molecule has 0 spiro atoms. The molecule has 0 atom stereocenters. The van der Waals surface area contributed by atoms with Crippen LogP contribution in [-0.4, -0.2) is 15.9 Å². The first-order chi connectivity index (χ1) is 13.3. The van der Waals surface area contributed by atoms with Crippen molar-refractivity contribution in [1.29, 1.82) is 0 Å². The Balaban J connectivity index is 1.63. The predicted molar refractivity (Wildman–Crippen MR) is 113 cm³/mol. The molecule has 0 amide bonds. The minimum Gasteiger partial charge on any atom is -0.341 e. The van der Waals surface area contributed by atoms with Crippen LogP contribution in [0.15, 0.2) is 71.2 Å². The molecule has 4 nitrogen and oxygen atoms in total. The molecule has 4 aromatic rings. The first-order valence-electron chi connectivity index (χ1n) is 8.93. The Hall–Kier alpha value is -3.18. The zero-order valence-electron chi connectivity index (χ0n) is 14.8. The van der Waals surface area contributed by atoms with Gasteiger partial charge in [-0.1, -0.05) is 47.7 Å². The van der Waals surface area contributed by atoms with Crippen LogP contribution in [0.2, 0.25) is 0 Å². The molecule has 0 unspecified atom stereocenters. The first kappa shape index (κ1) is 16.0. The van der Waals surface area contributed by atoms with E-state index in [2.05, 4.69) is 47.2 Å². The van der Waals surface area contributed by atoms with E-state index in [1.54, 1.807) is 4.40 Å². The van der Waals surface area contributed by atoms with Crippen molar-refractivity contribution in [1.82, 2.24) is 9.38 Å². The zero-order chi connectivity index (χ0) is 18.4. The Kier molecular flexibility index (Phi) is 3.69. The molecule has 1 aliphatic heterocycles. The number of thiazole rings is 1. The Morgan fingerprint density at radius 2 is 1.85 bits per heavy atom. The molecule has 0 N–H and O–H groups in total. The predicted octanol–water partition coefficient (Wildman–Crippen LogP) is 3.85. The number of fused-ring (bicyclic) bond motifs is 4. The lowest BCUT2D eigenvalue weighted by molar-refractivity contribution is 0.972. The van der Waals surface area contributed by atoms with E-state index < -0.39 is 0 Å². The Labute approximate surface area is 160 Å². The number of allylic oxidation sites excluding steroid dienone is 2. The highest BCUT2D eigenvalue weighted by atomic mass is 32.1. The number of benzene rings is 2. The second-order valence-electron chi connectivity index (χ2n) is 6.38. The smallest absolute Gasteiger partial charge is 0.274 e. The summed E-state index contributed by atoms with van der Waals surface area (Å²) >= 11 is 1.43. The van der Waals surface area contributed by atoms with Crippen LogP contribution >= 0.6 is 11.3 Å². The molecule has 2 aromatic heterocycles. The van der Waals surface area contributed by atoms with Gasteiger partial charge in [-0.05, 0) is 48.9 Å². The zero-order valence-corrected chi connectivity index (χ0v) is 15.6. The molecule has 5 rings (SSSR count). The van der Waals surface area contributed by atoms with E-state index in [1.165, 1.54) is 22.6 Å². The highest BCUT2D eigenvalue weighted by Gasteiger charge is 2.15. The maximum atomic E-state index is 12.9. The van der Waals surface area contributed by atoms with Crippen LogP contribution in [0.4, 0.5) is 5.69 Å². The van der Waals surface area contributed by atoms with E-state index in [1.807, 2.05) is 42.5 Å². The highest BCUT2D eigenvalue weighted by Crippen LogP contribution is 2.30. The number of aromatic nitrogens is 2. The molecular weight excluding hydrogens is 354 g/mol. The summed E-state index contributed by atoms with van der Waals surface area (Å²) in [4.78, 5) is 20.4. The molecule has 5 heteroatoms. The first-order valence-corrected chi connectivity index (χ1v) is 9.74. The molecule has 0 saturated heterocycles. The van der Waals surface area contributed by atoms with Crippen LogP contribution in [0, 0.1) is 0 Å². The van der Waals surface area contributed by atoms with Gasteiger partial charge in [0.1, 0.15) is 0 Å². The molecule has 0 saturated carbocycles. The minimum atomic E-state index is -0.0104. The lowest BCUT2D eigenvalue weighted by Gasteiger charge is -2.29. The molecule has 0 fully saturated rings. The van der Waals surface area contributed by atoms with Crippen molar-refractivity contribution in [3.05, 3.63) is 86.8 Å². The minimum absolute atomic E-state index is 0.0104. The Morgan fingerprint density at radius 1 is 1.04 bits per heavy atom. The number of hydrogen-bond acceptors (Lipinski definition) is 4. The van der Waals surface area contributed by atoms with Gasteiger partial charge in [0.15, 0.2) is 4.96 Å². The van der Waals surface area contributed by atoms with Crippen LogP contribution < -0.4 is 15.0 Å². The van der Waals surface area contributed by atoms with Gasteiger partial charge in [-0.2, -0.15) is 0 Å². The molecule has 1 aliphatic rings. The number of likely N-dealkylation sites (N-methyl/N-ethyl adjacent to an activating group) is 1. The number of hydrogen-bond donors (Lipinski definition) is 0. The van der Waals surface area contributed by atoms with Crippen molar-refractivity contribution < 1.29 is 0 Å². The van der Waals surface area contributed by atoms with Gasteiger partial charge in [0, 0.05) is 17.9 Å². The second-order valence-corrected chi connectivity index (χ2v) is 7.39. The van der Waals surface area contributed by atoms with Crippen molar-refractivity contribution >= 4 is 45.2 Å². The summed E-state index contributed by atoms with van der Waals surface area (Å²) in [5.74, 6) is 0. The monoisotopic (exact) mass is 371 g/mol. The summed E-state index contributed by atoms with van der Waals surface area (Å²) in [5.41, 5.74) is 5.19. The summed E-state index contributed by atoms with van der Waals surface area (Å²) < 4.78 is 2.40. The fourth-order valence-corrected chi connectivity index (χ4v) is 4.49. The van der Waals surface area contributed by atoms with Gasteiger partial charge in [0.05, 0.1) is 15.6 Å². The van der Waals surface area contributed by atoms with Gasteiger partial charge in [-0.15, -0.1) is 0 Å². The molecule has 0 radical (unpaired) electrons. The maximum absolute atomic E-state index is 12.9. The van der Waals surface area contributed by atoms with Crippen molar-refractivity contribution in [2.24, 2.45) is 0 Å². The highest BCUT2D eigenvalue weighted by molar-refractivity contribution is 7.15. The van der Waals surface area contributed by atoms with Gasteiger partial charge in [0.2, 0.25) is 0 Å². The van der Waals surface area contributed by atoms with E-state index in [-0.39, 0.29) is 5.56 Å². The van der Waals surface area contributed by atoms with Gasteiger partial charge < -0.3 is 4.90 Å². The van der Waals surface area contributed by atoms with E-state index >= 15 is 0 Å². The third-order valence-electron chi connectivity index (χ3n) is 4.84. The fourth-order valence-electron chi connectivity index (χ4n) is 3.56. The summed E-state index contributed by atoms with van der Waals surface area (Å²) in [6, 6.07) is 16.1. The van der Waals surface area contributed by atoms with Crippen molar-refractivity contribution in [3.63, 3.8) is 0 Å². The van der Waals surface area contributed by atoms with Crippen LogP contribution in [-0.2, 0) is 0 Å². The topological polar surface area (TPSA) is 37.6 Å². The maximum Gasteiger partial charge on any atom is 0.274 e. The van der Waals surface area contributed by atoms with E-state index in [0.717, 1.165) is 28.2 Å². The second kappa shape index (κ2) is 6.21. The number of anilines is 1. The standard InChI is InChI=1S/C22H17N3OS/c1-2-24-16(12-11-15-7-3-5-9-18(15)24)13-14-20-21(26)25-19-10-6-4-8-17(19)23-22(25)27-20/h3-14H,2H2,1H3. The number of imidazole rings is 1. The van der Waals surface area contributed by atoms with Gasteiger partial charge in [-0.25, -0.2) is 9.38 Å². The third-order valence-corrected chi connectivity index (χ3v) is 5.83. The molecule has 132 valence electrons. The fraction of sp³-hybridized carbons (Fsp3) is 0.0909. The van der Waals surface area contributed by atoms with Crippen LogP contribution in [0.3, 0.4) is 0 Å². The lowest BCUT2D eigenvalue weighted by atomic mass is 10.1. The quantitative estimate of drug-likeness (QED) is 0.537. The van der Waals surface area contributed by atoms with Crippen LogP contribution in [0.5, 0.6) is 0 Å². The lowest BCUT2D eigenvalue weighted by Crippen LogP contribution is -2.24. The van der Waals surface area contributed by atoms with Crippen LogP contribution in [0.1, 0.15) is 12.5 Å². The van der Waals surface area contributed by atoms with Gasteiger partial charge in [-0.3, -0.25) is 4.79 Å². The molecule has 0 bridgehead atoms. The average Bonchev–Trinajstić information content (AvgIpc) is 3.22. The molecule has 3 heterocycles. The van der Waals surface area contributed by atoms with Gasteiger partial charge >= 0.3 is 0 Å². The molecule has 27 heavy (non-hydrogen) atoms. The van der Waals surface area contributed by atoms with Crippen molar-refractivity contribution in [2.45, 2.75) is 6.92 Å². The summed E-state index contributed by atoms with van der Waals surface area (Å²) in [6.07, 6.45) is 8.15. The Morgan fingerprint density at radius 3 is 2.74 bits per heavy atom.